The second-order valence-electron chi connectivity index (χ2n) is 4.94. The number of nitrogens with zero attached hydrogens (tertiary/aromatic N) is 3. The summed E-state index contributed by atoms with van der Waals surface area (Å²) in [6, 6.07) is 7.80. The minimum atomic E-state index is -0.357. The largest absolute Gasteiger partial charge is 0.465 e. The Labute approximate surface area is 142 Å². The van der Waals surface area contributed by atoms with E-state index in [-0.39, 0.29) is 5.97 Å². The minimum absolute atomic E-state index is 0.357. The first kappa shape index (κ1) is 15.9. The lowest BCUT2D eigenvalue weighted by atomic mass is 10.0. The van der Waals surface area contributed by atoms with Crippen molar-refractivity contribution in [3.05, 3.63) is 46.1 Å². The molecule has 0 saturated carbocycles. The van der Waals surface area contributed by atoms with Gasteiger partial charge in [-0.15, -0.1) is 10.2 Å². The molecule has 1 aromatic carbocycles. The van der Waals surface area contributed by atoms with Gasteiger partial charge in [0.15, 0.2) is 4.34 Å². The lowest BCUT2D eigenvalue weighted by molar-refractivity contribution is 0.0598. The number of pyridine rings is 1. The zero-order valence-electron chi connectivity index (χ0n) is 13.0. The highest BCUT2D eigenvalue weighted by atomic mass is 32.2. The lowest BCUT2D eigenvalue weighted by Gasteiger charge is -2.12. The average Bonchev–Trinajstić information content (AvgIpc) is 2.98. The Morgan fingerprint density at radius 1 is 1.26 bits per heavy atom. The molecule has 0 aliphatic carbocycles. The zero-order valence-corrected chi connectivity index (χ0v) is 14.6. The van der Waals surface area contributed by atoms with Gasteiger partial charge < -0.3 is 4.74 Å². The molecule has 3 aromatic rings. The third-order valence-corrected chi connectivity index (χ3v) is 5.44. The molecule has 23 heavy (non-hydrogen) atoms. The van der Waals surface area contributed by atoms with Crippen molar-refractivity contribution in [2.45, 2.75) is 23.9 Å². The Bertz CT molecular complexity index is 877. The van der Waals surface area contributed by atoms with E-state index < -0.39 is 0 Å². The van der Waals surface area contributed by atoms with Gasteiger partial charge in [-0.2, -0.15) is 0 Å². The van der Waals surface area contributed by atoms with Crippen LogP contribution in [0.15, 0.2) is 28.6 Å². The van der Waals surface area contributed by atoms with Gasteiger partial charge in [0.25, 0.3) is 0 Å². The van der Waals surface area contributed by atoms with Crippen molar-refractivity contribution in [2.24, 2.45) is 0 Å². The van der Waals surface area contributed by atoms with Gasteiger partial charge >= 0.3 is 5.97 Å². The van der Waals surface area contributed by atoms with Gasteiger partial charge in [0.2, 0.25) is 0 Å². The fraction of sp³-hybridized carbons (Fsp3) is 0.250. The van der Waals surface area contributed by atoms with E-state index in [4.69, 9.17) is 4.74 Å². The van der Waals surface area contributed by atoms with Crippen LogP contribution in [0.5, 0.6) is 0 Å². The first-order chi connectivity index (χ1) is 11.1. The van der Waals surface area contributed by atoms with Crippen LogP contribution in [-0.2, 0) is 10.5 Å². The lowest BCUT2D eigenvalue weighted by Crippen LogP contribution is -2.10. The number of carbonyl (C=O) groups excluding carboxylic acids is 1. The Kier molecular flexibility index (Phi) is 4.58. The van der Waals surface area contributed by atoms with Crippen LogP contribution in [0.4, 0.5) is 0 Å². The molecule has 0 aliphatic heterocycles. The van der Waals surface area contributed by atoms with Crippen LogP contribution in [0.1, 0.15) is 26.6 Å². The number of aromatic nitrogens is 3. The predicted octanol–water partition coefficient (Wildman–Crippen LogP) is 3.78. The van der Waals surface area contributed by atoms with Gasteiger partial charge in [0, 0.05) is 11.1 Å². The quantitative estimate of drug-likeness (QED) is 0.529. The summed E-state index contributed by atoms with van der Waals surface area (Å²) in [6.07, 6.45) is 0. The molecule has 0 atom stereocenters. The summed E-state index contributed by atoms with van der Waals surface area (Å²) >= 11 is 3.06. The summed E-state index contributed by atoms with van der Waals surface area (Å²) in [7, 11) is 1.39. The summed E-state index contributed by atoms with van der Waals surface area (Å²) in [5.41, 5.74) is 3.03. The molecule has 0 N–H and O–H groups in total. The van der Waals surface area contributed by atoms with Crippen molar-refractivity contribution in [2.75, 3.05) is 7.11 Å². The first-order valence-electron chi connectivity index (χ1n) is 6.99. The monoisotopic (exact) mass is 345 g/mol. The highest BCUT2D eigenvalue weighted by Crippen LogP contribution is 2.30. The Balaban J connectivity index is 2.04. The van der Waals surface area contributed by atoms with Crippen LogP contribution in [0, 0.1) is 13.8 Å². The SMILES string of the molecule is COC(=O)c1c(CSc2nnc(C)s2)nc2ccccc2c1C. The molecule has 2 heterocycles. The summed E-state index contributed by atoms with van der Waals surface area (Å²) in [5.74, 6) is 0.190. The number of esters is 1. The van der Waals surface area contributed by atoms with E-state index in [1.807, 2.05) is 38.1 Å². The molecule has 0 radical (unpaired) electrons. The summed E-state index contributed by atoms with van der Waals surface area (Å²) in [6.45, 7) is 3.85. The van der Waals surface area contributed by atoms with E-state index >= 15 is 0 Å². The van der Waals surface area contributed by atoms with Gasteiger partial charge in [0.05, 0.1) is 23.9 Å². The maximum Gasteiger partial charge on any atom is 0.340 e. The molecule has 3 rings (SSSR count). The highest BCUT2D eigenvalue weighted by molar-refractivity contribution is 8.00. The van der Waals surface area contributed by atoms with E-state index in [2.05, 4.69) is 15.2 Å². The standard InChI is InChI=1S/C16H15N3O2S2/c1-9-11-6-4-5-7-12(11)17-13(14(9)15(20)21-3)8-22-16-19-18-10(2)23-16/h4-7H,8H2,1-3H3. The van der Waals surface area contributed by atoms with Crippen molar-refractivity contribution in [3.63, 3.8) is 0 Å². The maximum atomic E-state index is 12.2. The van der Waals surface area contributed by atoms with Crippen LogP contribution in [-0.4, -0.2) is 28.3 Å². The van der Waals surface area contributed by atoms with Crippen molar-refractivity contribution < 1.29 is 9.53 Å². The van der Waals surface area contributed by atoms with E-state index in [0.717, 1.165) is 25.8 Å². The molecule has 0 amide bonds. The second kappa shape index (κ2) is 6.64. The van der Waals surface area contributed by atoms with Gasteiger partial charge in [0.1, 0.15) is 5.01 Å². The molecule has 7 heteroatoms. The number of methoxy groups -OCH3 is 1. The first-order valence-corrected chi connectivity index (χ1v) is 8.79. The number of hydrogen-bond acceptors (Lipinski definition) is 7. The molecular weight excluding hydrogens is 330 g/mol. The van der Waals surface area contributed by atoms with Gasteiger partial charge in [-0.05, 0) is 25.5 Å². The van der Waals surface area contributed by atoms with Gasteiger partial charge in [-0.25, -0.2) is 4.79 Å². The summed E-state index contributed by atoms with van der Waals surface area (Å²) in [4.78, 5) is 16.9. The molecule has 0 aliphatic rings. The third kappa shape index (κ3) is 3.20. The van der Waals surface area contributed by atoms with Crippen LogP contribution in [0.25, 0.3) is 10.9 Å². The molecule has 5 nitrogen and oxygen atoms in total. The van der Waals surface area contributed by atoms with Crippen molar-refractivity contribution in [3.8, 4) is 0 Å². The molecule has 0 unspecified atom stereocenters. The maximum absolute atomic E-state index is 12.2. The molecule has 0 saturated heterocycles. The molecule has 2 aromatic heterocycles. The molecule has 0 spiro atoms. The van der Waals surface area contributed by atoms with Crippen LogP contribution in [0.2, 0.25) is 0 Å². The number of hydrogen-bond donors (Lipinski definition) is 0. The van der Waals surface area contributed by atoms with Crippen molar-refractivity contribution >= 4 is 40.0 Å². The van der Waals surface area contributed by atoms with E-state index in [1.54, 1.807) is 0 Å². The number of benzene rings is 1. The third-order valence-electron chi connectivity index (χ3n) is 3.46. The number of para-hydroxylation sites is 1. The number of thioether (sulfide) groups is 1. The Morgan fingerprint density at radius 3 is 2.74 bits per heavy atom. The van der Waals surface area contributed by atoms with E-state index in [1.165, 1.54) is 30.2 Å². The molecule has 0 fully saturated rings. The average molecular weight is 345 g/mol. The van der Waals surface area contributed by atoms with E-state index in [0.29, 0.717) is 17.0 Å². The summed E-state index contributed by atoms with van der Waals surface area (Å²) < 4.78 is 5.82. The smallest absolute Gasteiger partial charge is 0.340 e. The minimum Gasteiger partial charge on any atom is -0.465 e. The number of fused-ring (bicyclic) bond motifs is 1. The molecular formula is C16H15N3O2S2. The molecule has 118 valence electrons. The van der Waals surface area contributed by atoms with Crippen LogP contribution >= 0.6 is 23.1 Å². The fourth-order valence-corrected chi connectivity index (χ4v) is 4.14. The number of carbonyl (C=O) groups is 1. The Hall–Kier alpha value is -1.99. The van der Waals surface area contributed by atoms with E-state index in [9.17, 15) is 4.79 Å². The topological polar surface area (TPSA) is 65.0 Å². The second-order valence-corrected chi connectivity index (χ2v) is 7.35. The predicted molar refractivity (Wildman–Crippen MR) is 92.0 cm³/mol. The van der Waals surface area contributed by atoms with Crippen LogP contribution in [0.3, 0.4) is 0 Å². The number of ether oxygens (including phenoxy) is 1. The summed E-state index contributed by atoms with van der Waals surface area (Å²) in [5, 5.41) is 9.99. The van der Waals surface area contributed by atoms with Crippen molar-refractivity contribution in [1.29, 1.82) is 0 Å². The van der Waals surface area contributed by atoms with Crippen LogP contribution < -0.4 is 0 Å². The zero-order chi connectivity index (χ0) is 16.4. The normalized spacial score (nSPS) is 10.9. The number of aryl methyl sites for hydroxylation is 2. The number of rotatable bonds is 4. The molecule has 0 bridgehead atoms. The Morgan fingerprint density at radius 2 is 2.04 bits per heavy atom. The van der Waals surface area contributed by atoms with Gasteiger partial charge in [-0.3, -0.25) is 4.98 Å². The highest BCUT2D eigenvalue weighted by Gasteiger charge is 2.19. The van der Waals surface area contributed by atoms with Crippen molar-refractivity contribution in [1.82, 2.24) is 15.2 Å². The van der Waals surface area contributed by atoms with Gasteiger partial charge in [-0.1, -0.05) is 41.3 Å². The fourth-order valence-electron chi connectivity index (χ4n) is 2.38.